The smallest absolute Gasteiger partial charge is 0.264 e. The molecule has 0 fully saturated rings. The Bertz CT molecular complexity index is 1460. The fraction of sp³-hybridized carbons (Fsp3) is 0.355. The zero-order valence-corrected chi connectivity index (χ0v) is 25.5. The van der Waals surface area contributed by atoms with Crippen molar-refractivity contribution in [2.45, 2.75) is 71.5 Å². The summed E-state index contributed by atoms with van der Waals surface area (Å²) in [5, 5.41) is 3.38. The molecule has 0 saturated heterocycles. The summed E-state index contributed by atoms with van der Waals surface area (Å²) >= 11 is 6.42. The molecule has 0 bridgehead atoms. The van der Waals surface area contributed by atoms with E-state index >= 15 is 0 Å². The van der Waals surface area contributed by atoms with Crippen molar-refractivity contribution in [2.24, 2.45) is 0 Å². The molecule has 0 heterocycles. The van der Waals surface area contributed by atoms with Crippen molar-refractivity contribution in [3.05, 3.63) is 94.0 Å². The summed E-state index contributed by atoms with van der Waals surface area (Å²) in [6.07, 6.45) is 0.728. The lowest BCUT2D eigenvalue weighted by atomic mass is 10.1. The molecule has 0 aliphatic carbocycles. The normalized spacial score (nSPS) is 12.9. The standard InChI is InChI=1S/C31H38ClN3O4S/c1-7-23(4)33-31(37)25(6)34(19-26-12-8-9-13-28(26)32)30(36)20-35(29-14-10-11-22(3)24(29)5)40(38,39)27-17-15-21(2)16-18-27/h8-18,23,25H,7,19-20H2,1-6H3,(H,33,37). The van der Waals surface area contributed by atoms with E-state index in [1.54, 1.807) is 55.5 Å². The summed E-state index contributed by atoms with van der Waals surface area (Å²) < 4.78 is 29.2. The van der Waals surface area contributed by atoms with E-state index < -0.39 is 28.5 Å². The number of halogens is 1. The molecule has 40 heavy (non-hydrogen) atoms. The minimum Gasteiger partial charge on any atom is -0.352 e. The molecule has 0 spiro atoms. The van der Waals surface area contributed by atoms with E-state index in [0.29, 0.717) is 16.3 Å². The summed E-state index contributed by atoms with van der Waals surface area (Å²) in [6, 6.07) is 18.0. The minimum atomic E-state index is -4.13. The van der Waals surface area contributed by atoms with E-state index in [1.807, 2.05) is 40.7 Å². The second kappa shape index (κ2) is 13.3. The Labute approximate surface area is 243 Å². The van der Waals surface area contributed by atoms with Crippen LogP contribution in [0.5, 0.6) is 0 Å². The average Bonchev–Trinajstić information content (AvgIpc) is 2.92. The number of nitrogens with zero attached hydrogens (tertiary/aromatic N) is 2. The summed E-state index contributed by atoms with van der Waals surface area (Å²) in [7, 11) is -4.13. The first-order valence-electron chi connectivity index (χ1n) is 13.4. The monoisotopic (exact) mass is 583 g/mol. The maximum absolute atomic E-state index is 14.1. The van der Waals surface area contributed by atoms with Crippen LogP contribution in [0.3, 0.4) is 0 Å². The van der Waals surface area contributed by atoms with Crippen molar-refractivity contribution in [1.82, 2.24) is 10.2 Å². The lowest BCUT2D eigenvalue weighted by Crippen LogP contribution is -2.52. The third-order valence-corrected chi connectivity index (χ3v) is 9.34. The van der Waals surface area contributed by atoms with Crippen molar-refractivity contribution < 1.29 is 18.0 Å². The van der Waals surface area contributed by atoms with Crippen LogP contribution < -0.4 is 9.62 Å². The molecule has 0 radical (unpaired) electrons. The maximum atomic E-state index is 14.1. The molecule has 214 valence electrons. The average molecular weight is 584 g/mol. The zero-order valence-electron chi connectivity index (χ0n) is 23.9. The van der Waals surface area contributed by atoms with Crippen LogP contribution in [0.4, 0.5) is 5.69 Å². The first-order valence-corrected chi connectivity index (χ1v) is 15.2. The lowest BCUT2D eigenvalue weighted by Gasteiger charge is -2.33. The Kier molecular flexibility index (Phi) is 10.4. The van der Waals surface area contributed by atoms with Gasteiger partial charge in [-0.1, -0.05) is 66.6 Å². The van der Waals surface area contributed by atoms with Gasteiger partial charge in [0.25, 0.3) is 10.0 Å². The van der Waals surface area contributed by atoms with Gasteiger partial charge in [-0.3, -0.25) is 13.9 Å². The molecule has 2 amide bonds. The first kappa shape index (κ1) is 31.2. The number of benzene rings is 3. The summed E-state index contributed by atoms with van der Waals surface area (Å²) in [6.45, 7) is 10.6. The van der Waals surface area contributed by atoms with Gasteiger partial charge in [0.1, 0.15) is 12.6 Å². The molecule has 3 aromatic rings. The highest BCUT2D eigenvalue weighted by atomic mass is 35.5. The number of hydrogen-bond acceptors (Lipinski definition) is 4. The van der Waals surface area contributed by atoms with Crippen LogP contribution >= 0.6 is 11.6 Å². The summed E-state index contributed by atoms with van der Waals surface area (Å²) in [5.74, 6) is -0.849. The van der Waals surface area contributed by atoms with Crippen LogP contribution in [-0.4, -0.2) is 43.8 Å². The number of hydrogen-bond donors (Lipinski definition) is 1. The number of amides is 2. The summed E-state index contributed by atoms with van der Waals surface area (Å²) in [4.78, 5) is 28.7. The Morgan fingerprint density at radius 3 is 2.20 bits per heavy atom. The topological polar surface area (TPSA) is 86.8 Å². The maximum Gasteiger partial charge on any atom is 0.264 e. The molecule has 0 aliphatic heterocycles. The third-order valence-electron chi connectivity index (χ3n) is 7.20. The van der Waals surface area contributed by atoms with Gasteiger partial charge in [0.15, 0.2) is 0 Å². The molecule has 2 unspecified atom stereocenters. The van der Waals surface area contributed by atoms with Gasteiger partial charge in [-0.15, -0.1) is 0 Å². The molecular formula is C31H38ClN3O4S. The minimum absolute atomic E-state index is 0.0405. The second-order valence-corrected chi connectivity index (χ2v) is 12.4. The third kappa shape index (κ3) is 7.23. The molecule has 2 atom stereocenters. The Balaban J connectivity index is 2.08. The summed E-state index contributed by atoms with van der Waals surface area (Å²) in [5.41, 5.74) is 3.61. The largest absolute Gasteiger partial charge is 0.352 e. The number of carbonyl (C=O) groups excluding carboxylic acids is 2. The fourth-order valence-electron chi connectivity index (χ4n) is 4.21. The predicted molar refractivity (Wildman–Crippen MR) is 161 cm³/mol. The van der Waals surface area contributed by atoms with E-state index in [2.05, 4.69) is 5.32 Å². The fourth-order valence-corrected chi connectivity index (χ4v) is 5.88. The van der Waals surface area contributed by atoms with Gasteiger partial charge in [0.05, 0.1) is 10.6 Å². The van der Waals surface area contributed by atoms with Crippen LogP contribution in [0.2, 0.25) is 5.02 Å². The molecule has 7 nitrogen and oxygen atoms in total. The van der Waals surface area contributed by atoms with Crippen LogP contribution in [0.15, 0.2) is 71.6 Å². The van der Waals surface area contributed by atoms with Crippen molar-refractivity contribution in [3.8, 4) is 0 Å². The SMILES string of the molecule is CCC(C)NC(=O)C(C)N(Cc1ccccc1Cl)C(=O)CN(c1cccc(C)c1C)S(=O)(=O)c1ccc(C)cc1. The molecule has 1 N–H and O–H groups in total. The van der Waals surface area contributed by atoms with Gasteiger partial charge in [-0.25, -0.2) is 8.42 Å². The van der Waals surface area contributed by atoms with Crippen molar-refractivity contribution in [2.75, 3.05) is 10.8 Å². The molecule has 9 heteroatoms. The zero-order chi connectivity index (χ0) is 29.6. The Hall–Kier alpha value is -3.36. The molecule has 0 saturated carbocycles. The van der Waals surface area contributed by atoms with Crippen LogP contribution in [-0.2, 0) is 26.2 Å². The van der Waals surface area contributed by atoms with Crippen LogP contribution in [0, 0.1) is 20.8 Å². The predicted octanol–water partition coefficient (Wildman–Crippen LogP) is 5.79. The van der Waals surface area contributed by atoms with Crippen molar-refractivity contribution in [3.63, 3.8) is 0 Å². The van der Waals surface area contributed by atoms with E-state index in [9.17, 15) is 18.0 Å². The highest BCUT2D eigenvalue weighted by Crippen LogP contribution is 2.29. The van der Waals surface area contributed by atoms with Gasteiger partial charge in [-0.2, -0.15) is 0 Å². The highest BCUT2D eigenvalue weighted by molar-refractivity contribution is 7.92. The number of aryl methyl sites for hydroxylation is 2. The van der Waals surface area contributed by atoms with Crippen molar-refractivity contribution >= 4 is 39.1 Å². The number of nitrogens with one attached hydrogen (secondary N) is 1. The number of carbonyl (C=O) groups is 2. The van der Waals surface area contributed by atoms with Crippen LogP contribution in [0.1, 0.15) is 49.4 Å². The second-order valence-electron chi connectivity index (χ2n) is 10.2. The van der Waals surface area contributed by atoms with Crippen LogP contribution in [0.25, 0.3) is 0 Å². The molecular weight excluding hydrogens is 546 g/mol. The first-order chi connectivity index (χ1) is 18.9. The van der Waals surface area contributed by atoms with Gasteiger partial charge in [0, 0.05) is 17.6 Å². The van der Waals surface area contributed by atoms with E-state index in [1.165, 1.54) is 17.0 Å². The van der Waals surface area contributed by atoms with Gasteiger partial charge >= 0.3 is 0 Å². The van der Waals surface area contributed by atoms with Gasteiger partial charge in [0.2, 0.25) is 11.8 Å². The Morgan fingerprint density at radius 2 is 1.57 bits per heavy atom. The van der Waals surface area contributed by atoms with E-state index in [0.717, 1.165) is 27.4 Å². The van der Waals surface area contributed by atoms with Gasteiger partial charge in [-0.05, 0) is 82.0 Å². The highest BCUT2D eigenvalue weighted by Gasteiger charge is 2.33. The van der Waals surface area contributed by atoms with Gasteiger partial charge < -0.3 is 10.2 Å². The molecule has 3 aromatic carbocycles. The molecule has 3 rings (SSSR count). The molecule has 0 aliphatic rings. The van der Waals surface area contributed by atoms with Crippen molar-refractivity contribution in [1.29, 1.82) is 0 Å². The number of rotatable bonds is 11. The lowest BCUT2D eigenvalue weighted by molar-refractivity contribution is -0.139. The number of sulfonamides is 1. The number of anilines is 1. The quantitative estimate of drug-likeness (QED) is 0.309. The molecule has 0 aromatic heterocycles. The van der Waals surface area contributed by atoms with E-state index in [-0.39, 0.29) is 23.4 Å². The van der Waals surface area contributed by atoms with E-state index in [4.69, 9.17) is 11.6 Å². The Morgan fingerprint density at radius 1 is 0.925 bits per heavy atom.